The largest absolute Gasteiger partial charge is 0.402 e. The highest BCUT2D eigenvalue weighted by atomic mass is 19.3. The summed E-state index contributed by atoms with van der Waals surface area (Å²) in [5.74, 6) is -3.22. The van der Waals surface area contributed by atoms with Gasteiger partial charge in [-0.2, -0.15) is 4.98 Å². The number of nitrogen functional groups attached to an aromatic ring is 1. The molecule has 3 rings (SSSR count). The lowest BCUT2D eigenvalue weighted by atomic mass is 10.1. The highest BCUT2D eigenvalue weighted by Gasteiger charge is 2.52. The first-order valence-electron chi connectivity index (χ1n) is 7.88. The van der Waals surface area contributed by atoms with Crippen LogP contribution in [0, 0.1) is 5.41 Å². The third-order valence-corrected chi connectivity index (χ3v) is 4.43. The normalized spacial score (nSPS) is 26.8. The maximum absolute atomic E-state index is 14.4. The first-order chi connectivity index (χ1) is 11.8. The maximum Gasteiger partial charge on any atom is 0.351 e. The van der Waals surface area contributed by atoms with Crippen molar-refractivity contribution in [2.75, 3.05) is 25.4 Å². The van der Waals surface area contributed by atoms with Crippen LogP contribution in [0.2, 0.25) is 0 Å². The summed E-state index contributed by atoms with van der Waals surface area (Å²) >= 11 is 0. The smallest absolute Gasteiger partial charge is 0.351 e. The molecule has 2 aliphatic heterocycles. The van der Waals surface area contributed by atoms with E-state index in [1.807, 2.05) is 4.90 Å². The van der Waals surface area contributed by atoms with Gasteiger partial charge in [0, 0.05) is 56.2 Å². The Morgan fingerprint density at radius 1 is 1.48 bits per heavy atom. The Hall–Kier alpha value is -2.33. The number of ether oxygens (including phenoxy) is 1. The molecule has 0 aliphatic carbocycles. The molecule has 2 aliphatic rings. The minimum absolute atomic E-state index is 0.0315. The first-order valence-corrected chi connectivity index (χ1v) is 7.88. The number of aromatic nitrogens is 2. The number of halogens is 2. The van der Waals surface area contributed by atoms with Gasteiger partial charge in [-0.05, 0) is 6.07 Å². The van der Waals surface area contributed by atoms with E-state index < -0.39 is 30.4 Å². The van der Waals surface area contributed by atoms with Crippen LogP contribution >= 0.6 is 0 Å². The number of alkyl halides is 2. The Morgan fingerprint density at radius 3 is 2.92 bits per heavy atom. The molecule has 1 aromatic rings. The fourth-order valence-electron chi connectivity index (χ4n) is 3.16. The van der Waals surface area contributed by atoms with Gasteiger partial charge in [-0.3, -0.25) is 9.47 Å². The summed E-state index contributed by atoms with van der Waals surface area (Å²) in [7, 11) is 0. The number of hydrogen-bond donors (Lipinski definition) is 3. The second-order valence-corrected chi connectivity index (χ2v) is 6.30. The van der Waals surface area contributed by atoms with Gasteiger partial charge in [-0.1, -0.05) is 0 Å². The summed E-state index contributed by atoms with van der Waals surface area (Å²) < 4.78 is 35.0. The van der Waals surface area contributed by atoms with Crippen LogP contribution in [-0.4, -0.2) is 52.3 Å². The molecule has 3 heterocycles. The van der Waals surface area contributed by atoms with Crippen LogP contribution in [0.25, 0.3) is 0 Å². The maximum atomic E-state index is 14.4. The number of anilines is 1. The number of hydrogen-bond acceptors (Lipinski definition) is 7. The quantitative estimate of drug-likeness (QED) is 0.669. The molecule has 0 bridgehead atoms. The number of nitrogens with one attached hydrogen (secondary N) is 1. The van der Waals surface area contributed by atoms with Crippen molar-refractivity contribution < 1.29 is 13.5 Å². The average Bonchev–Trinajstić information content (AvgIpc) is 2.83. The van der Waals surface area contributed by atoms with E-state index in [0.29, 0.717) is 30.8 Å². The summed E-state index contributed by atoms with van der Waals surface area (Å²) in [5.41, 5.74) is 11.7. The SMILES string of the molecule is N=CC1=C(N)CCN(C[C@@H]2CC(F)(F)[C@H](n3ccc(N)nc3=O)O2)C1. The second-order valence-electron chi connectivity index (χ2n) is 6.30. The Kier molecular flexibility index (Phi) is 4.56. The lowest BCUT2D eigenvalue weighted by molar-refractivity contribution is -0.118. The van der Waals surface area contributed by atoms with Crippen LogP contribution in [0.5, 0.6) is 0 Å². The van der Waals surface area contributed by atoms with Gasteiger partial charge in [-0.25, -0.2) is 13.6 Å². The highest BCUT2D eigenvalue weighted by molar-refractivity contribution is 5.77. The van der Waals surface area contributed by atoms with Gasteiger partial charge in [0.25, 0.3) is 5.92 Å². The van der Waals surface area contributed by atoms with Gasteiger partial charge in [0.1, 0.15) is 5.82 Å². The number of nitrogens with zero attached hydrogens (tertiary/aromatic N) is 3. The predicted octanol–water partition coefficient (Wildman–Crippen LogP) is 0.316. The van der Waals surface area contributed by atoms with Gasteiger partial charge in [0.05, 0.1) is 6.10 Å². The standard InChI is InChI=1S/C15H20F2N6O2/c16-15(17)5-10(8-22-3-1-11(19)9(6-18)7-22)25-13(15)23-4-2-12(20)21-14(23)24/h2,4,6,10,13,18H,1,3,5,7-8,19H2,(H2,20,21,24)/t10-,13+/m0/s1. The molecule has 0 unspecified atom stereocenters. The van der Waals surface area contributed by atoms with E-state index in [9.17, 15) is 13.6 Å². The molecular formula is C15H20F2N6O2. The van der Waals surface area contributed by atoms with Gasteiger partial charge in [0.2, 0.25) is 6.23 Å². The van der Waals surface area contributed by atoms with E-state index in [1.165, 1.54) is 18.5 Å². The van der Waals surface area contributed by atoms with Crippen LogP contribution < -0.4 is 17.2 Å². The van der Waals surface area contributed by atoms with Crippen LogP contribution in [0.3, 0.4) is 0 Å². The van der Waals surface area contributed by atoms with Crippen molar-refractivity contribution in [3.63, 3.8) is 0 Å². The minimum atomic E-state index is -3.19. The van der Waals surface area contributed by atoms with Crippen LogP contribution in [-0.2, 0) is 4.74 Å². The Morgan fingerprint density at radius 2 is 2.24 bits per heavy atom. The van der Waals surface area contributed by atoms with Crippen molar-refractivity contribution >= 4 is 12.0 Å². The first kappa shape index (κ1) is 17.5. The third-order valence-electron chi connectivity index (χ3n) is 4.43. The van der Waals surface area contributed by atoms with E-state index >= 15 is 0 Å². The van der Waals surface area contributed by atoms with Crippen molar-refractivity contribution in [3.05, 3.63) is 34.0 Å². The number of rotatable bonds is 4. The number of nitrogens with two attached hydrogens (primary N) is 2. The molecule has 1 saturated heterocycles. The van der Waals surface area contributed by atoms with Gasteiger partial charge < -0.3 is 21.6 Å². The van der Waals surface area contributed by atoms with Crippen molar-refractivity contribution in [2.24, 2.45) is 5.73 Å². The molecule has 1 aromatic heterocycles. The molecule has 0 amide bonds. The fraction of sp³-hybridized carbons (Fsp3) is 0.533. The lowest BCUT2D eigenvalue weighted by Gasteiger charge is -2.29. The Balaban J connectivity index is 1.72. The van der Waals surface area contributed by atoms with Gasteiger partial charge in [-0.15, -0.1) is 0 Å². The Bertz CT molecular complexity index is 763. The molecule has 25 heavy (non-hydrogen) atoms. The fourth-order valence-corrected chi connectivity index (χ4v) is 3.16. The molecule has 5 N–H and O–H groups in total. The van der Waals surface area contributed by atoms with E-state index in [4.69, 9.17) is 21.6 Å². The molecule has 1 fully saturated rings. The summed E-state index contributed by atoms with van der Waals surface area (Å²) in [6.45, 7) is 1.31. The monoisotopic (exact) mass is 354 g/mol. The van der Waals surface area contributed by atoms with E-state index in [1.54, 1.807) is 0 Å². The topological polar surface area (TPSA) is 123 Å². The third kappa shape index (κ3) is 3.54. The van der Waals surface area contributed by atoms with E-state index in [-0.39, 0.29) is 12.4 Å². The predicted molar refractivity (Wildman–Crippen MR) is 87.4 cm³/mol. The lowest BCUT2D eigenvalue weighted by Crippen LogP contribution is -2.39. The molecule has 10 heteroatoms. The van der Waals surface area contributed by atoms with Crippen LogP contribution in [0.15, 0.2) is 28.3 Å². The zero-order chi connectivity index (χ0) is 18.2. The molecular weight excluding hydrogens is 334 g/mol. The van der Waals surface area contributed by atoms with Crippen molar-refractivity contribution in [1.82, 2.24) is 14.5 Å². The van der Waals surface area contributed by atoms with E-state index in [0.717, 1.165) is 4.57 Å². The van der Waals surface area contributed by atoms with Crippen LogP contribution in [0.4, 0.5) is 14.6 Å². The zero-order valence-corrected chi connectivity index (χ0v) is 13.5. The van der Waals surface area contributed by atoms with Gasteiger partial charge in [0.15, 0.2) is 0 Å². The van der Waals surface area contributed by atoms with E-state index in [2.05, 4.69) is 4.98 Å². The highest BCUT2D eigenvalue weighted by Crippen LogP contribution is 2.42. The minimum Gasteiger partial charge on any atom is -0.402 e. The molecule has 0 spiro atoms. The van der Waals surface area contributed by atoms with Crippen molar-refractivity contribution in [1.29, 1.82) is 5.41 Å². The summed E-state index contributed by atoms with van der Waals surface area (Å²) in [6, 6.07) is 1.28. The molecule has 8 nitrogen and oxygen atoms in total. The molecule has 0 radical (unpaired) electrons. The average molecular weight is 354 g/mol. The summed E-state index contributed by atoms with van der Waals surface area (Å²) in [4.78, 5) is 17.2. The van der Waals surface area contributed by atoms with Crippen molar-refractivity contribution in [3.8, 4) is 0 Å². The molecule has 0 saturated carbocycles. The Labute approximate surface area is 142 Å². The van der Waals surface area contributed by atoms with Crippen LogP contribution in [0.1, 0.15) is 19.1 Å². The summed E-state index contributed by atoms with van der Waals surface area (Å²) in [5, 5.41) is 7.35. The van der Waals surface area contributed by atoms with Crippen molar-refractivity contribution in [2.45, 2.75) is 31.1 Å². The molecule has 136 valence electrons. The molecule has 2 atom stereocenters. The van der Waals surface area contributed by atoms with Gasteiger partial charge >= 0.3 is 5.69 Å². The zero-order valence-electron chi connectivity index (χ0n) is 13.5. The second kappa shape index (κ2) is 6.52. The summed E-state index contributed by atoms with van der Waals surface area (Å²) in [6.07, 6.45) is 0.00118. The molecule has 0 aromatic carbocycles.